The molecule has 0 radical (unpaired) electrons. The van der Waals surface area contributed by atoms with Crippen LogP contribution in [0.5, 0.6) is 0 Å². The topological polar surface area (TPSA) is 32.3 Å². The lowest BCUT2D eigenvalue weighted by Gasteiger charge is -2.05. The SMILES string of the molecule is O=CN1CC=CN1. The molecule has 0 saturated carbocycles. The lowest BCUT2D eigenvalue weighted by Crippen LogP contribution is -2.27. The monoisotopic (exact) mass is 98.0 g/mol. The summed E-state index contributed by atoms with van der Waals surface area (Å²) in [6, 6.07) is 0. The summed E-state index contributed by atoms with van der Waals surface area (Å²) < 4.78 is 0. The number of hydrogen-bond acceptors (Lipinski definition) is 2. The van der Waals surface area contributed by atoms with Gasteiger partial charge in [0.25, 0.3) is 0 Å². The minimum atomic E-state index is 0.684. The molecule has 1 heterocycles. The minimum absolute atomic E-state index is 0.684. The van der Waals surface area contributed by atoms with Crippen molar-refractivity contribution < 1.29 is 4.79 Å². The molecular formula is C4H6N2O. The van der Waals surface area contributed by atoms with Crippen LogP contribution in [0.25, 0.3) is 0 Å². The smallest absolute Gasteiger partial charge is 0.228 e. The van der Waals surface area contributed by atoms with E-state index in [1.807, 2.05) is 6.08 Å². The molecule has 0 aromatic rings. The lowest BCUT2D eigenvalue weighted by molar-refractivity contribution is -0.119. The van der Waals surface area contributed by atoms with Crippen LogP contribution in [-0.2, 0) is 4.79 Å². The maximum absolute atomic E-state index is 9.83. The molecule has 0 aliphatic carbocycles. The maximum atomic E-state index is 9.83. The van der Waals surface area contributed by atoms with E-state index in [0.29, 0.717) is 6.54 Å². The molecule has 0 fully saturated rings. The second-order valence-electron chi connectivity index (χ2n) is 1.29. The van der Waals surface area contributed by atoms with Gasteiger partial charge < -0.3 is 5.43 Å². The Labute approximate surface area is 41.6 Å². The number of amides is 1. The highest BCUT2D eigenvalue weighted by atomic mass is 16.1. The molecule has 1 N–H and O–H groups in total. The van der Waals surface area contributed by atoms with E-state index >= 15 is 0 Å². The van der Waals surface area contributed by atoms with Gasteiger partial charge in [0.05, 0.1) is 6.54 Å². The van der Waals surface area contributed by atoms with Crippen molar-refractivity contribution in [3.05, 3.63) is 12.3 Å². The van der Waals surface area contributed by atoms with Gasteiger partial charge >= 0.3 is 0 Å². The van der Waals surface area contributed by atoms with Gasteiger partial charge in [0, 0.05) is 6.20 Å². The van der Waals surface area contributed by atoms with Gasteiger partial charge in [-0.25, -0.2) is 0 Å². The van der Waals surface area contributed by atoms with Gasteiger partial charge in [-0.3, -0.25) is 9.80 Å². The molecule has 0 spiro atoms. The average Bonchev–Trinajstić information content (AvgIpc) is 2.14. The van der Waals surface area contributed by atoms with Crippen LogP contribution >= 0.6 is 0 Å². The number of nitrogens with one attached hydrogen (secondary N) is 1. The predicted octanol–water partition coefficient (Wildman–Crippen LogP) is -0.523. The van der Waals surface area contributed by atoms with Crippen molar-refractivity contribution in [3.63, 3.8) is 0 Å². The van der Waals surface area contributed by atoms with E-state index in [0.717, 1.165) is 6.41 Å². The van der Waals surface area contributed by atoms with Gasteiger partial charge in [-0.05, 0) is 6.08 Å². The van der Waals surface area contributed by atoms with Crippen LogP contribution in [0, 0.1) is 0 Å². The normalized spacial score (nSPS) is 16.9. The zero-order chi connectivity index (χ0) is 5.11. The van der Waals surface area contributed by atoms with E-state index in [4.69, 9.17) is 0 Å². The van der Waals surface area contributed by atoms with Crippen LogP contribution in [0.15, 0.2) is 12.3 Å². The molecule has 0 aromatic carbocycles. The minimum Gasteiger partial charge on any atom is -0.304 e. The first-order valence-electron chi connectivity index (χ1n) is 2.06. The number of nitrogens with zero attached hydrogens (tertiary/aromatic N) is 1. The number of hydrogen-bond donors (Lipinski definition) is 1. The molecule has 0 atom stereocenters. The third-order valence-electron chi connectivity index (χ3n) is 0.788. The van der Waals surface area contributed by atoms with Crippen molar-refractivity contribution >= 4 is 6.41 Å². The standard InChI is InChI=1S/C4H6N2O/c7-4-6-3-1-2-5-6/h1-2,4-5H,3H2. The second kappa shape index (κ2) is 1.64. The number of hydrazine groups is 1. The molecule has 1 amide bonds. The summed E-state index contributed by atoms with van der Waals surface area (Å²) in [6.07, 6.45) is 4.35. The molecule has 0 aromatic heterocycles. The summed E-state index contributed by atoms with van der Waals surface area (Å²) in [6.45, 7) is 0.684. The molecule has 0 unspecified atom stereocenters. The molecule has 3 heteroatoms. The van der Waals surface area contributed by atoms with Crippen molar-refractivity contribution in [2.24, 2.45) is 0 Å². The van der Waals surface area contributed by atoms with Crippen LogP contribution in [0.4, 0.5) is 0 Å². The highest BCUT2D eigenvalue weighted by Crippen LogP contribution is 1.84. The summed E-state index contributed by atoms with van der Waals surface area (Å²) >= 11 is 0. The number of carbonyl (C=O) groups is 1. The highest BCUT2D eigenvalue weighted by molar-refractivity contribution is 5.47. The first kappa shape index (κ1) is 4.18. The Hall–Kier alpha value is -0.990. The van der Waals surface area contributed by atoms with Gasteiger partial charge in [0.15, 0.2) is 0 Å². The van der Waals surface area contributed by atoms with Crippen molar-refractivity contribution in [1.82, 2.24) is 10.4 Å². The van der Waals surface area contributed by atoms with E-state index < -0.39 is 0 Å². The molecule has 1 aliphatic heterocycles. The van der Waals surface area contributed by atoms with Gasteiger partial charge in [0.2, 0.25) is 6.41 Å². The van der Waals surface area contributed by atoms with Crippen LogP contribution in [0.1, 0.15) is 0 Å². The summed E-state index contributed by atoms with van der Waals surface area (Å²) in [7, 11) is 0. The molecule has 3 nitrogen and oxygen atoms in total. The van der Waals surface area contributed by atoms with Crippen LogP contribution in [-0.4, -0.2) is 18.0 Å². The fourth-order valence-electron chi connectivity index (χ4n) is 0.441. The van der Waals surface area contributed by atoms with Crippen LogP contribution < -0.4 is 5.43 Å². The summed E-state index contributed by atoms with van der Waals surface area (Å²) in [5, 5.41) is 1.44. The van der Waals surface area contributed by atoms with Crippen molar-refractivity contribution in [2.45, 2.75) is 0 Å². The number of rotatable bonds is 1. The van der Waals surface area contributed by atoms with E-state index in [-0.39, 0.29) is 0 Å². The zero-order valence-corrected chi connectivity index (χ0v) is 3.79. The molecule has 0 bridgehead atoms. The van der Waals surface area contributed by atoms with Gasteiger partial charge in [-0.2, -0.15) is 0 Å². The maximum Gasteiger partial charge on any atom is 0.228 e. The molecule has 1 rings (SSSR count). The van der Waals surface area contributed by atoms with Gasteiger partial charge in [-0.15, -0.1) is 0 Å². The Balaban J connectivity index is 2.35. The van der Waals surface area contributed by atoms with Crippen molar-refractivity contribution in [2.75, 3.05) is 6.54 Å². The number of carbonyl (C=O) groups excluding carboxylic acids is 1. The largest absolute Gasteiger partial charge is 0.304 e. The Morgan fingerprint density at radius 3 is 3.00 bits per heavy atom. The average molecular weight is 98.1 g/mol. The summed E-state index contributed by atoms with van der Waals surface area (Å²) in [5.74, 6) is 0. The van der Waals surface area contributed by atoms with Gasteiger partial charge in [0.1, 0.15) is 0 Å². The summed E-state index contributed by atoms with van der Waals surface area (Å²) in [4.78, 5) is 9.83. The first-order chi connectivity index (χ1) is 3.43. The van der Waals surface area contributed by atoms with E-state index in [1.54, 1.807) is 6.20 Å². The molecule has 38 valence electrons. The fourth-order valence-corrected chi connectivity index (χ4v) is 0.441. The predicted molar refractivity (Wildman–Crippen MR) is 25.0 cm³/mol. The Kier molecular flexibility index (Phi) is 0.978. The molecule has 0 saturated heterocycles. The molecular weight excluding hydrogens is 92.1 g/mol. The Morgan fingerprint density at radius 1 is 1.86 bits per heavy atom. The van der Waals surface area contributed by atoms with Crippen LogP contribution in [0.3, 0.4) is 0 Å². The fraction of sp³-hybridized carbons (Fsp3) is 0.250. The molecule has 7 heavy (non-hydrogen) atoms. The third kappa shape index (κ3) is 0.707. The first-order valence-corrected chi connectivity index (χ1v) is 2.06. The lowest BCUT2D eigenvalue weighted by atomic mass is 10.6. The Morgan fingerprint density at radius 2 is 2.71 bits per heavy atom. The van der Waals surface area contributed by atoms with Crippen LogP contribution in [0.2, 0.25) is 0 Å². The quantitative estimate of drug-likeness (QED) is 0.447. The van der Waals surface area contributed by atoms with E-state index in [1.165, 1.54) is 5.01 Å². The second-order valence-corrected chi connectivity index (χ2v) is 1.29. The van der Waals surface area contributed by atoms with Crippen molar-refractivity contribution in [3.8, 4) is 0 Å². The van der Waals surface area contributed by atoms with E-state index in [2.05, 4.69) is 5.43 Å². The third-order valence-corrected chi connectivity index (χ3v) is 0.788. The highest BCUT2D eigenvalue weighted by Gasteiger charge is 1.97. The molecule has 1 aliphatic rings. The van der Waals surface area contributed by atoms with E-state index in [9.17, 15) is 4.79 Å². The van der Waals surface area contributed by atoms with Crippen molar-refractivity contribution in [1.29, 1.82) is 0 Å². The Bertz CT molecular complexity index is 91.9. The van der Waals surface area contributed by atoms with Gasteiger partial charge in [-0.1, -0.05) is 0 Å². The zero-order valence-electron chi connectivity index (χ0n) is 3.79. The summed E-state index contributed by atoms with van der Waals surface area (Å²) in [5.41, 5.74) is 2.69.